The Morgan fingerprint density at radius 2 is 2.47 bits per heavy atom. The lowest BCUT2D eigenvalue weighted by Gasteiger charge is -2.32. The molecule has 0 radical (unpaired) electrons. The molecular weight excluding hydrogens is 190 g/mol. The highest BCUT2D eigenvalue weighted by Crippen LogP contribution is 2.29. The Hall–Kier alpha value is -0.870. The summed E-state index contributed by atoms with van der Waals surface area (Å²) in [6, 6.07) is 0.365. The maximum atomic E-state index is 5.63. The summed E-state index contributed by atoms with van der Waals surface area (Å²) in [6.07, 6.45) is 5.45. The molecule has 1 aliphatic heterocycles. The lowest BCUT2D eigenvalue weighted by Crippen LogP contribution is -2.33. The lowest BCUT2D eigenvalue weighted by atomic mass is 10.0. The minimum Gasteiger partial charge on any atom is -0.443 e. The number of rotatable bonds is 3. The second-order valence-electron chi connectivity index (χ2n) is 4.01. The van der Waals surface area contributed by atoms with Crippen LogP contribution in [0, 0.1) is 0 Å². The highest BCUT2D eigenvalue weighted by Gasteiger charge is 2.26. The Labute approximate surface area is 90.5 Å². The van der Waals surface area contributed by atoms with Gasteiger partial charge in [-0.05, 0) is 25.9 Å². The molecule has 1 saturated heterocycles. The maximum Gasteiger partial charge on any atom is 0.211 e. The summed E-state index contributed by atoms with van der Waals surface area (Å²) in [5.74, 6) is 1.63. The SMILES string of the molecule is CCN1CCCCC1c1ncc(CN)o1. The highest BCUT2D eigenvalue weighted by atomic mass is 16.4. The molecule has 1 atom stereocenters. The number of piperidine rings is 1. The van der Waals surface area contributed by atoms with Crippen molar-refractivity contribution < 1.29 is 4.42 Å². The van der Waals surface area contributed by atoms with E-state index in [4.69, 9.17) is 10.2 Å². The first-order valence-electron chi connectivity index (χ1n) is 5.74. The summed E-state index contributed by atoms with van der Waals surface area (Å²) < 4.78 is 5.63. The van der Waals surface area contributed by atoms with E-state index in [0.29, 0.717) is 12.6 Å². The zero-order valence-corrected chi connectivity index (χ0v) is 9.28. The van der Waals surface area contributed by atoms with Gasteiger partial charge in [-0.25, -0.2) is 4.98 Å². The van der Waals surface area contributed by atoms with Gasteiger partial charge in [0.25, 0.3) is 0 Å². The van der Waals surface area contributed by atoms with Crippen molar-refractivity contribution in [1.82, 2.24) is 9.88 Å². The Kier molecular flexibility index (Phi) is 3.38. The van der Waals surface area contributed by atoms with Crippen LogP contribution in [0.1, 0.15) is 43.9 Å². The molecule has 0 bridgehead atoms. The molecule has 0 aromatic carbocycles. The molecule has 1 fully saturated rings. The van der Waals surface area contributed by atoms with Crippen LogP contribution in [0.4, 0.5) is 0 Å². The first-order valence-corrected chi connectivity index (χ1v) is 5.74. The first kappa shape index (κ1) is 10.6. The van der Waals surface area contributed by atoms with E-state index in [1.54, 1.807) is 6.20 Å². The van der Waals surface area contributed by atoms with Crippen LogP contribution >= 0.6 is 0 Å². The van der Waals surface area contributed by atoms with Crippen molar-refractivity contribution in [3.63, 3.8) is 0 Å². The molecule has 0 saturated carbocycles. The van der Waals surface area contributed by atoms with Gasteiger partial charge in [0.2, 0.25) is 5.89 Å². The molecule has 84 valence electrons. The summed E-state index contributed by atoms with van der Waals surface area (Å²) in [7, 11) is 0. The maximum absolute atomic E-state index is 5.63. The van der Waals surface area contributed by atoms with Crippen LogP contribution < -0.4 is 5.73 Å². The minimum atomic E-state index is 0.365. The van der Waals surface area contributed by atoms with Crippen molar-refractivity contribution in [2.45, 2.75) is 38.8 Å². The van der Waals surface area contributed by atoms with E-state index >= 15 is 0 Å². The largest absolute Gasteiger partial charge is 0.443 e. The molecule has 4 nitrogen and oxygen atoms in total. The summed E-state index contributed by atoms with van der Waals surface area (Å²) in [6.45, 7) is 4.84. The summed E-state index contributed by atoms with van der Waals surface area (Å²) in [4.78, 5) is 6.75. The predicted octanol–water partition coefficient (Wildman–Crippen LogP) is 1.68. The molecule has 0 amide bonds. The van der Waals surface area contributed by atoms with Gasteiger partial charge < -0.3 is 10.2 Å². The molecule has 0 spiro atoms. The second-order valence-corrected chi connectivity index (χ2v) is 4.01. The van der Waals surface area contributed by atoms with Gasteiger partial charge in [0.05, 0.1) is 18.8 Å². The standard InChI is InChI=1S/C11H19N3O/c1-2-14-6-4-3-5-10(14)11-13-8-9(7-12)15-11/h8,10H,2-7,12H2,1H3. The summed E-state index contributed by atoms with van der Waals surface area (Å²) >= 11 is 0. The van der Waals surface area contributed by atoms with Crippen LogP contribution in [0.2, 0.25) is 0 Å². The van der Waals surface area contributed by atoms with E-state index in [-0.39, 0.29) is 0 Å². The van der Waals surface area contributed by atoms with Gasteiger partial charge in [-0.3, -0.25) is 4.90 Å². The number of oxazole rings is 1. The van der Waals surface area contributed by atoms with E-state index in [9.17, 15) is 0 Å². The molecule has 2 heterocycles. The average Bonchev–Trinajstić information content (AvgIpc) is 2.77. The summed E-state index contributed by atoms with van der Waals surface area (Å²) in [5, 5.41) is 0. The van der Waals surface area contributed by atoms with Crippen LogP contribution in [0.5, 0.6) is 0 Å². The zero-order chi connectivity index (χ0) is 10.7. The van der Waals surface area contributed by atoms with E-state index < -0.39 is 0 Å². The van der Waals surface area contributed by atoms with Crippen LogP contribution in [0.3, 0.4) is 0 Å². The van der Waals surface area contributed by atoms with Crippen LogP contribution in [-0.2, 0) is 6.54 Å². The van der Waals surface area contributed by atoms with Crippen molar-refractivity contribution in [3.05, 3.63) is 17.8 Å². The monoisotopic (exact) mass is 209 g/mol. The van der Waals surface area contributed by atoms with Gasteiger partial charge in [0.15, 0.2) is 0 Å². The van der Waals surface area contributed by atoms with Gasteiger partial charge in [-0.2, -0.15) is 0 Å². The smallest absolute Gasteiger partial charge is 0.211 e. The lowest BCUT2D eigenvalue weighted by molar-refractivity contribution is 0.131. The van der Waals surface area contributed by atoms with E-state index in [1.165, 1.54) is 12.8 Å². The minimum absolute atomic E-state index is 0.365. The molecule has 2 rings (SSSR count). The number of hydrogen-bond acceptors (Lipinski definition) is 4. The van der Waals surface area contributed by atoms with Gasteiger partial charge in [-0.1, -0.05) is 13.3 Å². The third kappa shape index (κ3) is 2.21. The van der Waals surface area contributed by atoms with Crippen molar-refractivity contribution in [3.8, 4) is 0 Å². The van der Waals surface area contributed by atoms with Crippen molar-refractivity contribution in [1.29, 1.82) is 0 Å². The van der Waals surface area contributed by atoms with E-state index in [1.807, 2.05) is 0 Å². The Balaban J connectivity index is 2.12. The molecule has 15 heavy (non-hydrogen) atoms. The fraction of sp³-hybridized carbons (Fsp3) is 0.727. The molecule has 1 aromatic heterocycles. The second kappa shape index (κ2) is 4.77. The predicted molar refractivity (Wildman–Crippen MR) is 58.2 cm³/mol. The van der Waals surface area contributed by atoms with Crippen molar-refractivity contribution in [2.24, 2.45) is 5.73 Å². The fourth-order valence-corrected chi connectivity index (χ4v) is 2.22. The number of nitrogens with two attached hydrogens (primary N) is 1. The van der Waals surface area contributed by atoms with Crippen LogP contribution in [0.25, 0.3) is 0 Å². The number of hydrogen-bond donors (Lipinski definition) is 1. The third-order valence-corrected chi connectivity index (χ3v) is 3.08. The van der Waals surface area contributed by atoms with Crippen LogP contribution in [0.15, 0.2) is 10.6 Å². The highest BCUT2D eigenvalue weighted by molar-refractivity contribution is 4.99. The van der Waals surface area contributed by atoms with Crippen molar-refractivity contribution >= 4 is 0 Å². The molecule has 2 N–H and O–H groups in total. The molecule has 0 aliphatic carbocycles. The number of nitrogens with zero attached hydrogens (tertiary/aromatic N) is 2. The summed E-state index contributed by atoms with van der Waals surface area (Å²) in [5.41, 5.74) is 5.51. The van der Waals surface area contributed by atoms with Gasteiger partial charge >= 0.3 is 0 Å². The van der Waals surface area contributed by atoms with Gasteiger partial charge in [0.1, 0.15) is 5.76 Å². The van der Waals surface area contributed by atoms with Crippen molar-refractivity contribution in [2.75, 3.05) is 13.1 Å². The normalized spacial score (nSPS) is 23.2. The van der Waals surface area contributed by atoms with Gasteiger partial charge in [-0.15, -0.1) is 0 Å². The number of likely N-dealkylation sites (tertiary alicyclic amines) is 1. The van der Waals surface area contributed by atoms with E-state index in [0.717, 1.165) is 31.2 Å². The fourth-order valence-electron chi connectivity index (χ4n) is 2.22. The quantitative estimate of drug-likeness (QED) is 0.823. The Morgan fingerprint density at radius 3 is 3.13 bits per heavy atom. The topological polar surface area (TPSA) is 55.3 Å². The molecule has 4 heteroatoms. The van der Waals surface area contributed by atoms with Crippen LogP contribution in [-0.4, -0.2) is 23.0 Å². The third-order valence-electron chi connectivity index (χ3n) is 3.08. The zero-order valence-electron chi connectivity index (χ0n) is 9.28. The Morgan fingerprint density at radius 1 is 1.60 bits per heavy atom. The molecule has 1 unspecified atom stereocenters. The molecule has 1 aliphatic rings. The number of aromatic nitrogens is 1. The molecular formula is C11H19N3O. The first-order chi connectivity index (χ1) is 7.35. The average molecular weight is 209 g/mol. The van der Waals surface area contributed by atoms with Gasteiger partial charge in [0, 0.05) is 0 Å². The molecule has 1 aromatic rings. The van der Waals surface area contributed by atoms with E-state index in [2.05, 4.69) is 16.8 Å². The Bertz CT molecular complexity index is 311.